The Labute approximate surface area is 121 Å². The molecular formula is C15H18F3N3. The molecule has 1 aliphatic heterocycles. The molecule has 0 bridgehead atoms. The lowest BCUT2D eigenvalue weighted by Gasteiger charge is -2.26. The summed E-state index contributed by atoms with van der Waals surface area (Å²) in [5, 5.41) is 0. The van der Waals surface area contributed by atoms with Gasteiger partial charge in [-0.25, -0.2) is 4.98 Å². The van der Waals surface area contributed by atoms with Crippen LogP contribution < -0.4 is 0 Å². The average molecular weight is 297 g/mol. The monoisotopic (exact) mass is 297 g/mol. The molecule has 6 heteroatoms. The maximum atomic E-state index is 13.2. The number of H-pyrrole nitrogens is 1. The summed E-state index contributed by atoms with van der Waals surface area (Å²) in [5.74, 6) is 0.505. The first-order chi connectivity index (χ1) is 9.93. The fourth-order valence-corrected chi connectivity index (χ4v) is 2.98. The molecule has 1 fully saturated rings. The number of aromatic amines is 1. The fourth-order valence-electron chi connectivity index (χ4n) is 2.98. The molecule has 0 saturated carbocycles. The first-order valence-corrected chi connectivity index (χ1v) is 7.22. The smallest absolute Gasteiger partial charge is 0.342 e. The van der Waals surface area contributed by atoms with Crippen molar-refractivity contribution in [3.63, 3.8) is 0 Å². The van der Waals surface area contributed by atoms with Gasteiger partial charge in [0.1, 0.15) is 11.3 Å². The van der Waals surface area contributed by atoms with Gasteiger partial charge in [-0.15, -0.1) is 0 Å². The molecule has 114 valence electrons. The van der Waals surface area contributed by atoms with Crippen molar-refractivity contribution in [2.24, 2.45) is 0 Å². The second kappa shape index (κ2) is 5.33. The van der Waals surface area contributed by atoms with E-state index in [2.05, 4.69) is 14.9 Å². The first kappa shape index (κ1) is 14.4. The van der Waals surface area contributed by atoms with Crippen molar-refractivity contribution >= 4 is 11.0 Å². The summed E-state index contributed by atoms with van der Waals surface area (Å²) < 4.78 is 39.7. The SMILES string of the molecule is Cc1nc2c(C(F)(F)F)cc(CN3CCCCC3)cc2[nH]1. The third-order valence-corrected chi connectivity index (χ3v) is 3.93. The van der Waals surface area contributed by atoms with E-state index >= 15 is 0 Å². The number of halogens is 3. The molecule has 1 aromatic heterocycles. The van der Waals surface area contributed by atoms with Crippen LogP contribution in [0, 0.1) is 6.92 Å². The number of alkyl halides is 3. The van der Waals surface area contributed by atoms with Crippen molar-refractivity contribution in [1.82, 2.24) is 14.9 Å². The molecule has 1 N–H and O–H groups in total. The van der Waals surface area contributed by atoms with Crippen LogP contribution in [0.3, 0.4) is 0 Å². The zero-order chi connectivity index (χ0) is 15.0. The molecule has 0 amide bonds. The first-order valence-electron chi connectivity index (χ1n) is 7.22. The number of fused-ring (bicyclic) bond motifs is 1. The van der Waals surface area contributed by atoms with E-state index in [4.69, 9.17) is 0 Å². The van der Waals surface area contributed by atoms with Crippen LogP contribution in [-0.4, -0.2) is 28.0 Å². The molecule has 21 heavy (non-hydrogen) atoms. The molecule has 0 atom stereocenters. The number of piperidine rings is 1. The number of aryl methyl sites for hydroxylation is 1. The normalized spacial score (nSPS) is 17.5. The molecule has 0 aliphatic carbocycles. The average Bonchev–Trinajstić information content (AvgIpc) is 2.78. The van der Waals surface area contributed by atoms with Gasteiger partial charge < -0.3 is 4.98 Å². The van der Waals surface area contributed by atoms with Crippen LogP contribution in [0.25, 0.3) is 11.0 Å². The van der Waals surface area contributed by atoms with Crippen LogP contribution in [0.5, 0.6) is 0 Å². The van der Waals surface area contributed by atoms with Gasteiger partial charge in [-0.3, -0.25) is 4.90 Å². The minimum absolute atomic E-state index is 0.0161. The van der Waals surface area contributed by atoms with Gasteiger partial charge in [-0.05, 0) is 50.6 Å². The van der Waals surface area contributed by atoms with Gasteiger partial charge in [0, 0.05) is 6.54 Å². The van der Waals surface area contributed by atoms with E-state index in [9.17, 15) is 13.2 Å². The third kappa shape index (κ3) is 3.05. The highest BCUT2D eigenvalue weighted by molar-refractivity contribution is 5.80. The van der Waals surface area contributed by atoms with Gasteiger partial charge in [0.25, 0.3) is 0 Å². The van der Waals surface area contributed by atoms with E-state index in [0.29, 0.717) is 23.4 Å². The van der Waals surface area contributed by atoms with E-state index in [1.165, 1.54) is 12.5 Å². The molecule has 1 aromatic carbocycles. The summed E-state index contributed by atoms with van der Waals surface area (Å²) in [6.45, 7) is 4.16. The number of nitrogens with one attached hydrogen (secondary N) is 1. The molecule has 2 heterocycles. The summed E-state index contributed by atoms with van der Waals surface area (Å²) in [7, 11) is 0. The van der Waals surface area contributed by atoms with Crippen LogP contribution >= 0.6 is 0 Å². The lowest BCUT2D eigenvalue weighted by atomic mass is 10.1. The van der Waals surface area contributed by atoms with Crippen molar-refractivity contribution in [2.45, 2.75) is 38.9 Å². The van der Waals surface area contributed by atoms with Crippen molar-refractivity contribution < 1.29 is 13.2 Å². The molecule has 3 nitrogen and oxygen atoms in total. The van der Waals surface area contributed by atoms with E-state index in [0.717, 1.165) is 25.9 Å². The summed E-state index contributed by atoms with van der Waals surface area (Å²) in [6.07, 6.45) is -0.921. The van der Waals surface area contributed by atoms with E-state index in [1.54, 1.807) is 13.0 Å². The van der Waals surface area contributed by atoms with Gasteiger partial charge in [-0.1, -0.05) is 6.42 Å². The zero-order valence-electron chi connectivity index (χ0n) is 11.9. The fraction of sp³-hybridized carbons (Fsp3) is 0.533. The van der Waals surface area contributed by atoms with Crippen LogP contribution in [-0.2, 0) is 12.7 Å². The predicted octanol–water partition coefficient (Wildman–Crippen LogP) is 3.88. The highest BCUT2D eigenvalue weighted by atomic mass is 19.4. The Balaban J connectivity index is 1.99. The Morgan fingerprint density at radius 1 is 1.19 bits per heavy atom. The number of benzene rings is 1. The standard InChI is InChI=1S/C15H18F3N3/c1-10-19-13-8-11(9-21-5-3-2-4-6-21)7-12(14(13)20-10)15(16,17)18/h7-8H,2-6,9H2,1H3,(H,19,20). The molecule has 2 aromatic rings. The second-order valence-corrected chi connectivity index (χ2v) is 5.70. The molecule has 0 unspecified atom stereocenters. The quantitative estimate of drug-likeness (QED) is 0.912. The van der Waals surface area contributed by atoms with Crippen molar-refractivity contribution in [2.75, 3.05) is 13.1 Å². The third-order valence-electron chi connectivity index (χ3n) is 3.93. The Hall–Kier alpha value is -1.56. The van der Waals surface area contributed by atoms with Crippen molar-refractivity contribution in [3.05, 3.63) is 29.1 Å². The largest absolute Gasteiger partial charge is 0.418 e. The van der Waals surface area contributed by atoms with Crippen LogP contribution in [0.4, 0.5) is 13.2 Å². The maximum absolute atomic E-state index is 13.2. The number of nitrogens with zero attached hydrogens (tertiary/aromatic N) is 2. The van der Waals surface area contributed by atoms with Gasteiger partial charge in [0.15, 0.2) is 0 Å². The minimum Gasteiger partial charge on any atom is -0.342 e. The van der Waals surface area contributed by atoms with E-state index in [1.807, 2.05) is 0 Å². The summed E-state index contributed by atoms with van der Waals surface area (Å²) in [5.41, 5.74) is 0.536. The molecule has 3 rings (SSSR count). The van der Waals surface area contributed by atoms with E-state index < -0.39 is 11.7 Å². The zero-order valence-corrected chi connectivity index (χ0v) is 11.9. The van der Waals surface area contributed by atoms with E-state index in [-0.39, 0.29) is 5.52 Å². The highest BCUT2D eigenvalue weighted by Crippen LogP contribution is 2.35. The second-order valence-electron chi connectivity index (χ2n) is 5.70. The van der Waals surface area contributed by atoms with Gasteiger partial charge in [-0.2, -0.15) is 13.2 Å². The number of likely N-dealkylation sites (tertiary alicyclic amines) is 1. The Bertz CT molecular complexity index is 639. The Morgan fingerprint density at radius 2 is 1.90 bits per heavy atom. The maximum Gasteiger partial charge on any atom is 0.418 e. The number of rotatable bonds is 2. The van der Waals surface area contributed by atoms with Crippen molar-refractivity contribution in [1.29, 1.82) is 0 Å². The summed E-state index contributed by atoms with van der Waals surface area (Å²) in [4.78, 5) is 9.11. The topological polar surface area (TPSA) is 31.9 Å². The Kier molecular flexibility index (Phi) is 3.65. The molecule has 0 radical (unpaired) electrons. The molecule has 1 saturated heterocycles. The van der Waals surface area contributed by atoms with Gasteiger partial charge in [0.2, 0.25) is 0 Å². The Morgan fingerprint density at radius 3 is 2.57 bits per heavy atom. The lowest BCUT2D eigenvalue weighted by Crippen LogP contribution is -2.29. The van der Waals surface area contributed by atoms with Gasteiger partial charge in [0.05, 0.1) is 11.1 Å². The van der Waals surface area contributed by atoms with Crippen molar-refractivity contribution in [3.8, 4) is 0 Å². The number of aromatic nitrogens is 2. The summed E-state index contributed by atoms with van der Waals surface area (Å²) >= 11 is 0. The molecule has 0 spiro atoms. The van der Waals surface area contributed by atoms with Gasteiger partial charge >= 0.3 is 6.18 Å². The highest BCUT2D eigenvalue weighted by Gasteiger charge is 2.34. The minimum atomic E-state index is -4.38. The lowest BCUT2D eigenvalue weighted by molar-refractivity contribution is -0.136. The summed E-state index contributed by atoms with van der Waals surface area (Å²) in [6, 6.07) is 3.04. The predicted molar refractivity (Wildman–Crippen MR) is 75.0 cm³/mol. The number of hydrogen-bond donors (Lipinski definition) is 1. The van der Waals surface area contributed by atoms with Crippen LogP contribution in [0.1, 0.15) is 36.2 Å². The number of hydrogen-bond acceptors (Lipinski definition) is 2. The van der Waals surface area contributed by atoms with Crippen LogP contribution in [0.2, 0.25) is 0 Å². The number of imidazole rings is 1. The van der Waals surface area contributed by atoms with Crippen LogP contribution in [0.15, 0.2) is 12.1 Å². The molecular weight excluding hydrogens is 279 g/mol. The molecule has 1 aliphatic rings.